The van der Waals surface area contributed by atoms with Gasteiger partial charge in [0.1, 0.15) is 18.5 Å². The summed E-state index contributed by atoms with van der Waals surface area (Å²) >= 11 is 0. The lowest BCUT2D eigenvalue weighted by atomic mass is 10.1. The van der Waals surface area contributed by atoms with Gasteiger partial charge >= 0.3 is 0 Å². The van der Waals surface area contributed by atoms with Crippen LogP contribution in [-0.2, 0) is 16.1 Å². The minimum absolute atomic E-state index is 0.124. The van der Waals surface area contributed by atoms with Gasteiger partial charge in [0.2, 0.25) is 0 Å². The van der Waals surface area contributed by atoms with Gasteiger partial charge < -0.3 is 14.6 Å². The van der Waals surface area contributed by atoms with Crippen molar-refractivity contribution in [2.24, 2.45) is 0 Å². The van der Waals surface area contributed by atoms with Crippen LogP contribution in [0.4, 0.5) is 4.39 Å². The number of ether oxygens (including phenoxy) is 2. The second-order valence-electron chi connectivity index (χ2n) is 3.73. The standard InChI is InChI=1S/C13H13FO3/c14-12-4-3-11(7-17-13-8-16-9-13)10(6-12)2-1-5-15/h3-4,6,13,15H,5,7-9H2. The van der Waals surface area contributed by atoms with Gasteiger partial charge in [-0.3, -0.25) is 0 Å². The van der Waals surface area contributed by atoms with E-state index in [1.165, 1.54) is 12.1 Å². The molecular formula is C13H13FO3. The van der Waals surface area contributed by atoms with Crippen LogP contribution in [-0.4, -0.2) is 31.0 Å². The molecule has 0 atom stereocenters. The van der Waals surface area contributed by atoms with E-state index in [2.05, 4.69) is 11.8 Å². The summed E-state index contributed by atoms with van der Waals surface area (Å²) in [6, 6.07) is 4.37. The summed E-state index contributed by atoms with van der Waals surface area (Å²) in [5, 5.41) is 8.64. The highest BCUT2D eigenvalue weighted by molar-refractivity contribution is 5.41. The van der Waals surface area contributed by atoms with Crippen molar-refractivity contribution in [3.8, 4) is 11.8 Å². The number of hydrogen-bond donors (Lipinski definition) is 1. The highest BCUT2D eigenvalue weighted by Crippen LogP contribution is 2.14. The summed E-state index contributed by atoms with van der Waals surface area (Å²) in [4.78, 5) is 0. The molecule has 1 aromatic carbocycles. The van der Waals surface area contributed by atoms with Crippen molar-refractivity contribution in [3.63, 3.8) is 0 Å². The van der Waals surface area contributed by atoms with Crippen molar-refractivity contribution >= 4 is 0 Å². The number of halogens is 1. The Labute approximate surface area is 99.2 Å². The van der Waals surface area contributed by atoms with Gasteiger partial charge in [0.15, 0.2) is 0 Å². The molecule has 2 rings (SSSR count). The zero-order valence-corrected chi connectivity index (χ0v) is 9.28. The zero-order valence-electron chi connectivity index (χ0n) is 9.28. The summed E-state index contributed by atoms with van der Waals surface area (Å²) in [6.07, 6.45) is 0.124. The highest BCUT2D eigenvalue weighted by Gasteiger charge is 2.19. The lowest BCUT2D eigenvalue weighted by molar-refractivity contribution is -0.135. The predicted octanol–water partition coefficient (Wildman–Crippen LogP) is 1.08. The average Bonchev–Trinajstić information content (AvgIpc) is 2.26. The molecule has 3 nitrogen and oxygen atoms in total. The molecule has 0 radical (unpaired) electrons. The Hall–Kier alpha value is -1.41. The summed E-state index contributed by atoms with van der Waals surface area (Å²) < 4.78 is 23.6. The van der Waals surface area contributed by atoms with E-state index < -0.39 is 0 Å². The number of rotatable bonds is 3. The average molecular weight is 236 g/mol. The van der Waals surface area contributed by atoms with Gasteiger partial charge in [-0.2, -0.15) is 0 Å². The number of aliphatic hydroxyl groups is 1. The second kappa shape index (κ2) is 5.78. The summed E-state index contributed by atoms with van der Waals surface area (Å²) in [7, 11) is 0. The summed E-state index contributed by atoms with van der Waals surface area (Å²) in [5.74, 6) is 4.87. The smallest absolute Gasteiger partial charge is 0.124 e. The van der Waals surface area contributed by atoms with Crippen LogP contribution in [0.3, 0.4) is 0 Å². The van der Waals surface area contributed by atoms with Gasteiger partial charge in [-0.25, -0.2) is 4.39 Å². The van der Waals surface area contributed by atoms with Crippen LogP contribution in [0.15, 0.2) is 18.2 Å². The largest absolute Gasteiger partial charge is 0.384 e. The zero-order chi connectivity index (χ0) is 12.1. The minimum atomic E-state index is -0.344. The van der Waals surface area contributed by atoms with E-state index in [1.807, 2.05) is 0 Å². The van der Waals surface area contributed by atoms with Gasteiger partial charge in [-0.05, 0) is 17.7 Å². The topological polar surface area (TPSA) is 38.7 Å². The Balaban J connectivity index is 2.07. The first-order chi connectivity index (χ1) is 8.29. The Bertz CT molecular complexity index is 444. The quantitative estimate of drug-likeness (QED) is 0.798. The monoisotopic (exact) mass is 236 g/mol. The Morgan fingerprint density at radius 1 is 1.47 bits per heavy atom. The third kappa shape index (κ3) is 3.27. The van der Waals surface area contributed by atoms with E-state index in [0.717, 1.165) is 5.56 Å². The molecule has 0 aromatic heterocycles. The molecule has 0 aliphatic carbocycles. The van der Waals surface area contributed by atoms with Crippen molar-refractivity contribution in [2.75, 3.05) is 19.8 Å². The molecule has 1 saturated heterocycles. The highest BCUT2D eigenvalue weighted by atomic mass is 19.1. The second-order valence-corrected chi connectivity index (χ2v) is 3.73. The fourth-order valence-electron chi connectivity index (χ4n) is 1.44. The SMILES string of the molecule is OCC#Cc1cc(F)ccc1COC1COC1. The first-order valence-electron chi connectivity index (χ1n) is 5.37. The first-order valence-corrected chi connectivity index (χ1v) is 5.37. The maximum Gasteiger partial charge on any atom is 0.124 e. The van der Waals surface area contributed by atoms with Gasteiger partial charge in [0.25, 0.3) is 0 Å². The fourth-order valence-corrected chi connectivity index (χ4v) is 1.44. The number of hydrogen-bond acceptors (Lipinski definition) is 3. The van der Waals surface area contributed by atoms with Crippen LogP contribution in [0.5, 0.6) is 0 Å². The van der Waals surface area contributed by atoms with Crippen LogP contribution < -0.4 is 0 Å². The Morgan fingerprint density at radius 2 is 2.29 bits per heavy atom. The van der Waals surface area contributed by atoms with E-state index in [1.54, 1.807) is 6.07 Å². The predicted molar refractivity (Wildman–Crippen MR) is 59.8 cm³/mol. The molecule has 1 fully saturated rings. The molecule has 0 amide bonds. The van der Waals surface area contributed by atoms with E-state index >= 15 is 0 Å². The molecule has 17 heavy (non-hydrogen) atoms. The maximum atomic E-state index is 13.1. The third-order valence-electron chi connectivity index (χ3n) is 2.46. The molecule has 0 spiro atoms. The van der Waals surface area contributed by atoms with E-state index in [0.29, 0.717) is 25.4 Å². The Morgan fingerprint density at radius 3 is 2.94 bits per heavy atom. The molecule has 0 saturated carbocycles. The third-order valence-corrected chi connectivity index (χ3v) is 2.46. The van der Waals surface area contributed by atoms with Gasteiger partial charge in [0, 0.05) is 5.56 Å². The number of aliphatic hydroxyl groups excluding tert-OH is 1. The Kier molecular flexibility index (Phi) is 4.10. The van der Waals surface area contributed by atoms with Crippen molar-refractivity contribution < 1.29 is 19.0 Å². The normalized spacial score (nSPS) is 14.9. The molecule has 90 valence electrons. The molecule has 1 aliphatic heterocycles. The fraction of sp³-hybridized carbons (Fsp3) is 0.385. The maximum absolute atomic E-state index is 13.1. The molecular weight excluding hydrogens is 223 g/mol. The van der Waals surface area contributed by atoms with E-state index in [4.69, 9.17) is 14.6 Å². The molecule has 0 bridgehead atoms. The van der Waals surface area contributed by atoms with Crippen LogP contribution in [0.1, 0.15) is 11.1 Å². The molecule has 1 aliphatic rings. The van der Waals surface area contributed by atoms with Crippen LogP contribution in [0.25, 0.3) is 0 Å². The number of benzene rings is 1. The van der Waals surface area contributed by atoms with E-state index in [-0.39, 0.29) is 18.5 Å². The molecule has 1 aromatic rings. The van der Waals surface area contributed by atoms with Gasteiger partial charge in [0.05, 0.1) is 19.8 Å². The molecule has 0 unspecified atom stereocenters. The van der Waals surface area contributed by atoms with Crippen molar-refractivity contribution in [1.82, 2.24) is 0 Å². The molecule has 4 heteroatoms. The summed E-state index contributed by atoms with van der Waals surface area (Å²) in [6.45, 7) is 1.36. The lowest BCUT2D eigenvalue weighted by Crippen LogP contribution is -2.35. The van der Waals surface area contributed by atoms with Crippen molar-refractivity contribution in [1.29, 1.82) is 0 Å². The van der Waals surface area contributed by atoms with Crippen molar-refractivity contribution in [2.45, 2.75) is 12.7 Å². The van der Waals surface area contributed by atoms with Crippen LogP contribution >= 0.6 is 0 Å². The molecule has 1 heterocycles. The van der Waals surface area contributed by atoms with Gasteiger partial charge in [-0.1, -0.05) is 17.9 Å². The van der Waals surface area contributed by atoms with E-state index in [9.17, 15) is 4.39 Å². The minimum Gasteiger partial charge on any atom is -0.384 e. The van der Waals surface area contributed by atoms with Crippen LogP contribution in [0, 0.1) is 17.7 Å². The van der Waals surface area contributed by atoms with Crippen molar-refractivity contribution in [3.05, 3.63) is 35.1 Å². The first kappa shape index (κ1) is 12.1. The lowest BCUT2D eigenvalue weighted by Gasteiger charge is -2.26. The molecule has 1 N–H and O–H groups in total. The van der Waals surface area contributed by atoms with Crippen LogP contribution in [0.2, 0.25) is 0 Å². The summed E-state index contributed by atoms with van der Waals surface area (Å²) in [5.41, 5.74) is 1.37. The van der Waals surface area contributed by atoms with Gasteiger partial charge in [-0.15, -0.1) is 0 Å².